The van der Waals surface area contributed by atoms with Crippen molar-refractivity contribution in [2.24, 2.45) is 11.7 Å². The van der Waals surface area contributed by atoms with E-state index in [9.17, 15) is 5.11 Å². The second kappa shape index (κ2) is 3.62. The van der Waals surface area contributed by atoms with Crippen molar-refractivity contribution in [1.82, 2.24) is 5.32 Å². The number of aryl methyl sites for hydroxylation is 1. The van der Waals surface area contributed by atoms with Crippen molar-refractivity contribution in [1.29, 1.82) is 0 Å². The highest BCUT2D eigenvalue weighted by molar-refractivity contribution is 7.10. The predicted octanol–water partition coefficient (Wildman–Crippen LogP) is 0.422. The molecule has 78 valence electrons. The zero-order chi connectivity index (χ0) is 10.2. The van der Waals surface area contributed by atoms with Crippen LogP contribution in [0.15, 0.2) is 11.4 Å². The molecular weight excluding hydrogens is 196 g/mol. The number of hydrogen-bond acceptors (Lipinski definition) is 4. The summed E-state index contributed by atoms with van der Waals surface area (Å²) in [7, 11) is 0. The van der Waals surface area contributed by atoms with Gasteiger partial charge in [0.15, 0.2) is 0 Å². The van der Waals surface area contributed by atoms with E-state index in [4.69, 9.17) is 5.73 Å². The van der Waals surface area contributed by atoms with Crippen molar-refractivity contribution < 1.29 is 5.11 Å². The Hall–Kier alpha value is -0.420. The average Bonchev–Trinajstić information content (AvgIpc) is 2.72. The summed E-state index contributed by atoms with van der Waals surface area (Å²) in [6, 6.07) is 2.13. The van der Waals surface area contributed by atoms with Crippen molar-refractivity contribution >= 4 is 11.3 Å². The summed E-state index contributed by atoms with van der Waals surface area (Å²) < 4.78 is 0. The van der Waals surface area contributed by atoms with E-state index in [2.05, 4.69) is 23.7 Å². The molecule has 0 aliphatic carbocycles. The van der Waals surface area contributed by atoms with E-state index in [1.807, 2.05) is 0 Å². The SMILES string of the molecule is Cc1csc(C2(N)CNCC2CO)c1. The quantitative estimate of drug-likeness (QED) is 0.666. The van der Waals surface area contributed by atoms with Crippen LogP contribution in [0, 0.1) is 12.8 Å². The molecule has 2 rings (SSSR count). The molecule has 0 spiro atoms. The lowest BCUT2D eigenvalue weighted by Crippen LogP contribution is -2.45. The molecule has 14 heavy (non-hydrogen) atoms. The first-order chi connectivity index (χ1) is 6.66. The largest absolute Gasteiger partial charge is 0.396 e. The molecule has 0 radical (unpaired) electrons. The lowest BCUT2D eigenvalue weighted by Gasteiger charge is -2.27. The summed E-state index contributed by atoms with van der Waals surface area (Å²) in [6.45, 7) is 3.79. The van der Waals surface area contributed by atoms with Gasteiger partial charge in [0.05, 0.1) is 5.54 Å². The van der Waals surface area contributed by atoms with Gasteiger partial charge in [0.1, 0.15) is 0 Å². The van der Waals surface area contributed by atoms with Gasteiger partial charge in [-0.1, -0.05) is 0 Å². The Morgan fingerprint density at radius 1 is 1.79 bits per heavy atom. The third-order valence-corrected chi connectivity index (χ3v) is 4.19. The number of aliphatic hydroxyl groups is 1. The van der Waals surface area contributed by atoms with Crippen LogP contribution < -0.4 is 11.1 Å². The predicted molar refractivity (Wildman–Crippen MR) is 58.4 cm³/mol. The molecule has 4 N–H and O–H groups in total. The van der Waals surface area contributed by atoms with Gasteiger partial charge in [-0.15, -0.1) is 11.3 Å². The van der Waals surface area contributed by atoms with Crippen LogP contribution in [0.3, 0.4) is 0 Å². The van der Waals surface area contributed by atoms with Gasteiger partial charge in [-0.2, -0.15) is 0 Å². The van der Waals surface area contributed by atoms with Gasteiger partial charge < -0.3 is 16.2 Å². The van der Waals surface area contributed by atoms with Crippen molar-refractivity contribution in [2.75, 3.05) is 19.7 Å². The van der Waals surface area contributed by atoms with Gasteiger partial charge >= 0.3 is 0 Å². The molecule has 1 aliphatic heterocycles. The molecule has 1 saturated heterocycles. The smallest absolute Gasteiger partial charge is 0.0692 e. The van der Waals surface area contributed by atoms with Gasteiger partial charge in [0.2, 0.25) is 0 Å². The summed E-state index contributed by atoms with van der Waals surface area (Å²) >= 11 is 1.69. The molecule has 0 bridgehead atoms. The van der Waals surface area contributed by atoms with Crippen molar-refractivity contribution in [2.45, 2.75) is 12.5 Å². The van der Waals surface area contributed by atoms with E-state index in [0.29, 0.717) is 0 Å². The number of nitrogens with two attached hydrogens (primary N) is 1. The second-order valence-electron chi connectivity index (χ2n) is 4.04. The molecule has 4 heteroatoms. The van der Waals surface area contributed by atoms with Gasteiger partial charge in [-0.25, -0.2) is 0 Å². The first-order valence-electron chi connectivity index (χ1n) is 4.83. The Morgan fingerprint density at radius 2 is 2.57 bits per heavy atom. The number of thiophene rings is 1. The monoisotopic (exact) mass is 212 g/mol. The summed E-state index contributed by atoms with van der Waals surface area (Å²) in [5.74, 6) is 0.139. The first-order valence-corrected chi connectivity index (χ1v) is 5.71. The lowest BCUT2D eigenvalue weighted by molar-refractivity contribution is 0.189. The molecule has 1 aromatic heterocycles. The lowest BCUT2D eigenvalue weighted by atomic mass is 9.87. The summed E-state index contributed by atoms with van der Waals surface area (Å²) in [6.07, 6.45) is 0. The molecule has 0 saturated carbocycles. The van der Waals surface area contributed by atoms with Crippen LogP contribution in [0.5, 0.6) is 0 Å². The number of hydrogen-bond donors (Lipinski definition) is 3. The minimum Gasteiger partial charge on any atom is -0.396 e. The number of aliphatic hydroxyl groups excluding tert-OH is 1. The van der Waals surface area contributed by atoms with Gasteiger partial charge in [0, 0.05) is 30.5 Å². The van der Waals surface area contributed by atoms with Crippen molar-refractivity contribution in [3.8, 4) is 0 Å². The van der Waals surface area contributed by atoms with E-state index in [1.165, 1.54) is 10.4 Å². The van der Waals surface area contributed by atoms with Crippen molar-refractivity contribution in [3.05, 3.63) is 21.9 Å². The molecule has 1 aliphatic rings. The summed E-state index contributed by atoms with van der Waals surface area (Å²) in [5.41, 5.74) is 7.22. The minimum atomic E-state index is -0.367. The topological polar surface area (TPSA) is 58.3 Å². The molecule has 3 nitrogen and oxygen atoms in total. The van der Waals surface area contributed by atoms with E-state index < -0.39 is 0 Å². The maximum Gasteiger partial charge on any atom is 0.0692 e. The Balaban J connectivity index is 2.31. The first kappa shape index (κ1) is 10.1. The molecule has 2 unspecified atom stereocenters. The molecular formula is C10H16N2OS. The third-order valence-electron chi connectivity index (χ3n) is 2.95. The van der Waals surface area contributed by atoms with Gasteiger partial charge in [-0.05, 0) is 23.9 Å². The van der Waals surface area contributed by atoms with Gasteiger partial charge in [-0.3, -0.25) is 0 Å². The molecule has 2 atom stereocenters. The van der Waals surface area contributed by atoms with Crippen molar-refractivity contribution in [3.63, 3.8) is 0 Å². The van der Waals surface area contributed by atoms with Crippen LogP contribution in [0.2, 0.25) is 0 Å². The van der Waals surface area contributed by atoms with Crippen LogP contribution >= 0.6 is 11.3 Å². The Kier molecular flexibility index (Phi) is 2.62. The summed E-state index contributed by atoms with van der Waals surface area (Å²) in [4.78, 5) is 1.18. The van der Waals surface area contributed by atoms with Crippen LogP contribution in [0.1, 0.15) is 10.4 Å². The number of rotatable bonds is 2. The van der Waals surface area contributed by atoms with E-state index in [-0.39, 0.29) is 18.1 Å². The van der Waals surface area contributed by atoms with E-state index >= 15 is 0 Å². The molecule has 1 aromatic rings. The fourth-order valence-electron chi connectivity index (χ4n) is 1.97. The Morgan fingerprint density at radius 3 is 3.14 bits per heavy atom. The van der Waals surface area contributed by atoms with E-state index in [0.717, 1.165) is 13.1 Å². The van der Waals surface area contributed by atoms with Crippen LogP contribution in [-0.2, 0) is 5.54 Å². The standard InChI is InChI=1S/C10H16N2OS/c1-7-2-9(14-5-7)10(11)6-12-3-8(10)4-13/h2,5,8,12-13H,3-4,6,11H2,1H3. The fraction of sp³-hybridized carbons (Fsp3) is 0.600. The van der Waals surface area contributed by atoms with Crippen LogP contribution in [0.25, 0.3) is 0 Å². The molecule has 1 fully saturated rings. The van der Waals surface area contributed by atoms with E-state index in [1.54, 1.807) is 11.3 Å². The minimum absolute atomic E-state index is 0.139. The highest BCUT2D eigenvalue weighted by atomic mass is 32.1. The Labute approximate surface area is 87.9 Å². The molecule has 0 aromatic carbocycles. The zero-order valence-electron chi connectivity index (χ0n) is 8.29. The zero-order valence-corrected chi connectivity index (χ0v) is 9.10. The molecule has 0 amide bonds. The normalized spacial score (nSPS) is 32.4. The Bertz CT molecular complexity index is 326. The second-order valence-corrected chi connectivity index (χ2v) is 4.95. The summed E-state index contributed by atoms with van der Waals surface area (Å²) in [5, 5.41) is 14.6. The van der Waals surface area contributed by atoms with Gasteiger partial charge in [0.25, 0.3) is 0 Å². The van der Waals surface area contributed by atoms with Crippen LogP contribution in [0.4, 0.5) is 0 Å². The number of nitrogens with one attached hydrogen (secondary N) is 1. The highest BCUT2D eigenvalue weighted by Crippen LogP contribution is 2.34. The third kappa shape index (κ3) is 1.48. The molecule has 2 heterocycles. The maximum absolute atomic E-state index is 9.25. The maximum atomic E-state index is 9.25. The van der Waals surface area contributed by atoms with Crippen LogP contribution in [-0.4, -0.2) is 24.8 Å². The fourth-order valence-corrected chi connectivity index (χ4v) is 3.06. The highest BCUT2D eigenvalue weighted by Gasteiger charge is 2.41. The average molecular weight is 212 g/mol.